The quantitative estimate of drug-likeness (QED) is 0.834. The molecule has 0 bridgehead atoms. The standard InChI is InChI=1S/C18H23N3O2/c1-13(11-20(3)16-8-6-5-7-9-16)19-18(23)17-10-15(14(2)22)12-21(17)4/h5-10,12-13H,11H2,1-4H3,(H,19,23)/t13-/m1/s1. The number of nitrogens with one attached hydrogen (secondary N) is 1. The Kier molecular flexibility index (Phi) is 5.21. The van der Waals surface area contributed by atoms with Gasteiger partial charge >= 0.3 is 0 Å². The number of aromatic nitrogens is 1. The minimum Gasteiger partial charge on any atom is -0.373 e. The van der Waals surface area contributed by atoms with Crippen molar-refractivity contribution in [3.05, 3.63) is 53.9 Å². The fraction of sp³-hybridized carbons (Fsp3) is 0.333. The summed E-state index contributed by atoms with van der Waals surface area (Å²) >= 11 is 0. The molecule has 1 heterocycles. The number of ketones is 1. The van der Waals surface area contributed by atoms with Gasteiger partial charge in [-0.3, -0.25) is 9.59 Å². The van der Waals surface area contributed by atoms with Gasteiger partial charge in [0.2, 0.25) is 0 Å². The number of benzene rings is 1. The van der Waals surface area contributed by atoms with E-state index in [4.69, 9.17) is 0 Å². The molecule has 2 rings (SSSR count). The highest BCUT2D eigenvalue weighted by Gasteiger charge is 2.16. The Labute approximate surface area is 136 Å². The number of hydrogen-bond donors (Lipinski definition) is 1. The number of rotatable bonds is 6. The molecule has 1 N–H and O–H groups in total. The highest BCUT2D eigenvalue weighted by molar-refractivity contribution is 5.99. The topological polar surface area (TPSA) is 54.3 Å². The summed E-state index contributed by atoms with van der Waals surface area (Å²) in [6.07, 6.45) is 1.68. The predicted molar refractivity (Wildman–Crippen MR) is 92.1 cm³/mol. The zero-order valence-electron chi connectivity index (χ0n) is 14.0. The Morgan fingerprint density at radius 3 is 2.48 bits per heavy atom. The van der Waals surface area contributed by atoms with E-state index in [1.807, 2.05) is 44.3 Å². The van der Waals surface area contributed by atoms with Crippen LogP contribution in [0, 0.1) is 0 Å². The summed E-state index contributed by atoms with van der Waals surface area (Å²) < 4.78 is 1.68. The number of carbonyl (C=O) groups is 2. The van der Waals surface area contributed by atoms with Gasteiger partial charge in [-0.1, -0.05) is 18.2 Å². The first-order valence-electron chi connectivity index (χ1n) is 7.63. The molecule has 1 amide bonds. The molecule has 1 aromatic heterocycles. The van der Waals surface area contributed by atoms with Crippen molar-refractivity contribution in [3.8, 4) is 0 Å². The maximum atomic E-state index is 12.4. The maximum Gasteiger partial charge on any atom is 0.268 e. The Balaban J connectivity index is 1.98. The second kappa shape index (κ2) is 7.13. The lowest BCUT2D eigenvalue weighted by molar-refractivity contribution is 0.0932. The lowest BCUT2D eigenvalue weighted by atomic mass is 10.2. The third-order valence-electron chi connectivity index (χ3n) is 3.77. The van der Waals surface area contributed by atoms with Crippen molar-refractivity contribution in [1.29, 1.82) is 0 Å². The number of amides is 1. The molecule has 0 aliphatic carbocycles. The van der Waals surface area contributed by atoms with Gasteiger partial charge in [0.25, 0.3) is 5.91 Å². The van der Waals surface area contributed by atoms with E-state index in [1.54, 1.807) is 23.9 Å². The van der Waals surface area contributed by atoms with E-state index in [1.165, 1.54) is 6.92 Å². The number of likely N-dealkylation sites (N-methyl/N-ethyl adjacent to an activating group) is 1. The van der Waals surface area contributed by atoms with E-state index < -0.39 is 0 Å². The summed E-state index contributed by atoms with van der Waals surface area (Å²) in [5.41, 5.74) is 2.14. The Bertz CT molecular complexity index is 692. The second-order valence-electron chi connectivity index (χ2n) is 5.87. The molecule has 0 fully saturated rings. The van der Waals surface area contributed by atoms with Crippen LogP contribution in [-0.4, -0.2) is 35.9 Å². The van der Waals surface area contributed by atoms with Crippen molar-refractivity contribution in [3.63, 3.8) is 0 Å². The number of hydrogen-bond acceptors (Lipinski definition) is 3. The van der Waals surface area contributed by atoms with Gasteiger partial charge in [0, 0.05) is 44.1 Å². The molecule has 0 saturated heterocycles. The van der Waals surface area contributed by atoms with Crippen LogP contribution in [0.25, 0.3) is 0 Å². The van der Waals surface area contributed by atoms with E-state index in [-0.39, 0.29) is 17.7 Å². The molecule has 5 heteroatoms. The molecule has 5 nitrogen and oxygen atoms in total. The number of anilines is 1. The number of para-hydroxylation sites is 1. The van der Waals surface area contributed by atoms with Crippen LogP contribution in [0.3, 0.4) is 0 Å². The van der Waals surface area contributed by atoms with Crippen molar-refractivity contribution >= 4 is 17.4 Å². The minimum atomic E-state index is -0.172. The minimum absolute atomic E-state index is 0.0246. The zero-order chi connectivity index (χ0) is 17.0. The van der Waals surface area contributed by atoms with Crippen LogP contribution in [0.1, 0.15) is 34.7 Å². The maximum absolute atomic E-state index is 12.4. The molecule has 0 spiro atoms. The molecule has 1 atom stereocenters. The second-order valence-corrected chi connectivity index (χ2v) is 5.87. The summed E-state index contributed by atoms with van der Waals surface area (Å²) in [5, 5.41) is 2.98. The van der Waals surface area contributed by atoms with Gasteiger partial charge in [-0.05, 0) is 32.0 Å². The van der Waals surface area contributed by atoms with Crippen LogP contribution in [0.5, 0.6) is 0 Å². The van der Waals surface area contributed by atoms with E-state index in [0.29, 0.717) is 17.8 Å². The third kappa shape index (κ3) is 4.22. The van der Waals surface area contributed by atoms with Gasteiger partial charge in [-0.25, -0.2) is 0 Å². The predicted octanol–water partition coefficient (Wildman–Crippen LogP) is 2.48. The molecule has 0 saturated carbocycles. The molecule has 0 aliphatic heterocycles. The molecule has 2 aromatic rings. The van der Waals surface area contributed by atoms with Crippen LogP contribution in [0.2, 0.25) is 0 Å². The third-order valence-corrected chi connectivity index (χ3v) is 3.77. The van der Waals surface area contributed by atoms with Gasteiger partial charge in [0.05, 0.1) is 0 Å². The smallest absolute Gasteiger partial charge is 0.268 e. The van der Waals surface area contributed by atoms with E-state index in [0.717, 1.165) is 5.69 Å². The molecule has 0 radical (unpaired) electrons. The van der Waals surface area contributed by atoms with Gasteiger partial charge in [-0.2, -0.15) is 0 Å². The number of nitrogens with zero attached hydrogens (tertiary/aromatic N) is 2. The van der Waals surface area contributed by atoms with Gasteiger partial charge < -0.3 is 14.8 Å². The molecular formula is C18H23N3O2. The average molecular weight is 313 g/mol. The van der Waals surface area contributed by atoms with Gasteiger partial charge in [0.15, 0.2) is 5.78 Å². The lowest BCUT2D eigenvalue weighted by Gasteiger charge is -2.24. The first-order chi connectivity index (χ1) is 10.9. The van der Waals surface area contributed by atoms with Crippen LogP contribution in [0.15, 0.2) is 42.6 Å². The first-order valence-corrected chi connectivity index (χ1v) is 7.63. The van der Waals surface area contributed by atoms with Crippen LogP contribution >= 0.6 is 0 Å². The van der Waals surface area contributed by atoms with Crippen molar-refractivity contribution < 1.29 is 9.59 Å². The largest absolute Gasteiger partial charge is 0.373 e. The molecule has 122 valence electrons. The van der Waals surface area contributed by atoms with Crippen LogP contribution in [-0.2, 0) is 7.05 Å². The molecule has 1 aromatic carbocycles. The average Bonchev–Trinajstić information content (AvgIpc) is 2.90. The first kappa shape index (κ1) is 16.8. The Morgan fingerprint density at radius 1 is 1.26 bits per heavy atom. The fourth-order valence-electron chi connectivity index (χ4n) is 2.52. The molecule has 0 unspecified atom stereocenters. The molecular weight excluding hydrogens is 290 g/mol. The SMILES string of the molecule is CC(=O)c1cc(C(=O)N[C@H](C)CN(C)c2ccccc2)n(C)c1. The van der Waals surface area contributed by atoms with Crippen LogP contribution in [0.4, 0.5) is 5.69 Å². The normalized spacial score (nSPS) is 11.8. The van der Waals surface area contributed by atoms with Crippen molar-refractivity contribution in [2.45, 2.75) is 19.9 Å². The zero-order valence-corrected chi connectivity index (χ0v) is 14.0. The highest BCUT2D eigenvalue weighted by atomic mass is 16.2. The summed E-state index contributed by atoms with van der Waals surface area (Å²) in [6.45, 7) is 4.15. The summed E-state index contributed by atoms with van der Waals surface area (Å²) in [4.78, 5) is 25.9. The lowest BCUT2D eigenvalue weighted by Crippen LogP contribution is -2.41. The fourth-order valence-corrected chi connectivity index (χ4v) is 2.52. The van der Waals surface area contributed by atoms with E-state index in [2.05, 4.69) is 10.2 Å². The monoisotopic (exact) mass is 313 g/mol. The van der Waals surface area contributed by atoms with Crippen molar-refractivity contribution in [1.82, 2.24) is 9.88 Å². The van der Waals surface area contributed by atoms with Crippen LogP contribution < -0.4 is 10.2 Å². The molecule has 23 heavy (non-hydrogen) atoms. The Hall–Kier alpha value is -2.56. The van der Waals surface area contributed by atoms with E-state index in [9.17, 15) is 9.59 Å². The van der Waals surface area contributed by atoms with Crippen molar-refractivity contribution in [2.75, 3.05) is 18.5 Å². The number of Topliss-reactive ketones (excluding diaryl/α,β-unsaturated/α-hetero) is 1. The van der Waals surface area contributed by atoms with Gasteiger partial charge in [0.1, 0.15) is 5.69 Å². The summed E-state index contributed by atoms with van der Waals surface area (Å²) in [6, 6.07) is 11.6. The van der Waals surface area contributed by atoms with Gasteiger partial charge in [-0.15, -0.1) is 0 Å². The highest BCUT2D eigenvalue weighted by Crippen LogP contribution is 2.12. The Morgan fingerprint density at radius 2 is 1.91 bits per heavy atom. The summed E-state index contributed by atoms with van der Waals surface area (Å²) in [5.74, 6) is -0.217. The molecule has 0 aliphatic rings. The number of carbonyl (C=O) groups excluding carboxylic acids is 2. The van der Waals surface area contributed by atoms with E-state index >= 15 is 0 Å². The summed E-state index contributed by atoms with van der Waals surface area (Å²) in [7, 11) is 3.76. The van der Waals surface area contributed by atoms with Crippen molar-refractivity contribution in [2.24, 2.45) is 7.05 Å². The number of aryl methyl sites for hydroxylation is 1.